The van der Waals surface area contributed by atoms with E-state index in [1.165, 1.54) is 29.7 Å². The topological polar surface area (TPSA) is 117 Å². The molecule has 1 heterocycles. The van der Waals surface area contributed by atoms with Gasteiger partial charge in [0.1, 0.15) is 6.34 Å². The van der Waals surface area contributed by atoms with Crippen molar-refractivity contribution in [1.82, 2.24) is 14.9 Å². The summed E-state index contributed by atoms with van der Waals surface area (Å²) in [4.78, 5) is 22.5. The van der Waals surface area contributed by atoms with E-state index in [0.717, 1.165) is 0 Å². The van der Waals surface area contributed by atoms with Crippen LogP contribution in [0.5, 0.6) is 0 Å². The van der Waals surface area contributed by atoms with Crippen LogP contribution in [-0.2, 0) is 21.2 Å². The molecule has 34 heavy (non-hydrogen) atoms. The average Bonchev–Trinajstić information content (AvgIpc) is 2.80. The number of carbonyl (C=O) groups excluding carboxylic acids is 1. The molecule has 0 unspecified atom stereocenters. The number of hydrogen-bond acceptors (Lipinski definition) is 6. The third-order valence-corrected chi connectivity index (χ3v) is 6.20. The van der Waals surface area contributed by atoms with Gasteiger partial charge >= 0.3 is 0 Å². The zero-order chi connectivity index (χ0) is 24.7. The Morgan fingerprint density at radius 2 is 1.85 bits per heavy atom. The molecule has 2 N–H and O–H groups in total. The minimum Gasteiger partial charge on any atom is -0.368 e. The molecule has 178 valence electrons. The molecule has 0 radical (unpaired) electrons. The highest BCUT2D eigenvalue weighted by atomic mass is 35.5. The van der Waals surface area contributed by atoms with Crippen LogP contribution in [-0.4, -0.2) is 56.2 Å². The summed E-state index contributed by atoms with van der Waals surface area (Å²) in [6, 6.07) is 11.6. The Morgan fingerprint density at radius 1 is 1.15 bits per heavy atom. The van der Waals surface area contributed by atoms with Crippen LogP contribution >= 0.6 is 11.6 Å². The van der Waals surface area contributed by atoms with Gasteiger partial charge in [0.25, 0.3) is 10.0 Å². The van der Waals surface area contributed by atoms with E-state index in [1.54, 1.807) is 50.5 Å². The predicted octanol–water partition coefficient (Wildman–Crippen LogP) is 3.69. The maximum absolute atomic E-state index is 13.1. The van der Waals surface area contributed by atoms with Crippen molar-refractivity contribution in [2.45, 2.75) is 18.2 Å². The first kappa shape index (κ1) is 25.1. The number of anilines is 2. The minimum absolute atomic E-state index is 0.0437. The van der Waals surface area contributed by atoms with Gasteiger partial charge in [-0.3, -0.25) is 4.79 Å². The van der Waals surface area contributed by atoms with Crippen LogP contribution in [0.2, 0.25) is 5.02 Å². The maximum atomic E-state index is 13.1. The Labute approximate surface area is 204 Å². The standard InChI is InChI=1S/C23H25ClN6O3S/c1-4-25-23-26-13-17(14-27-23)19-10-9-18(12-21(19)34(32,33)28-15-30(2)3)29-22(31)11-16-7-5-6-8-20(16)24/h5-10,12-15H,4,11H2,1-3H3,(H,29,31)(H,25,26,27)/b28-15+. The van der Waals surface area contributed by atoms with Crippen molar-refractivity contribution in [2.24, 2.45) is 4.40 Å². The molecule has 0 bridgehead atoms. The second-order valence-corrected chi connectivity index (χ2v) is 9.52. The molecule has 0 saturated heterocycles. The van der Waals surface area contributed by atoms with E-state index in [9.17, 15) is 13.2 Å². The third-order valence-electron chi connectivity index (χ3n) is 4.57. The van der Waals surface area contributed by atoms with Gasteiger partial charge in [0.2, 0.25) is 11.9 Å². The van der Waals surface area contributed by atoms with Crippen LogP contribution in [0.3, 0.4) is 0 Å². The fourth-order valence-electron chi connectivity index (χ4n) is 3.00. The lowest BCUT2D eigenvalue weighted by Gasteiger charge is -2.13. The van der Waals surface area contributed by atoms with E-state index in [2.05, 4.69) is 25.0 Å². The van der Waals surface area contributed by atoms with Crippen molar-refractivity contribution in [2.75, 3.05) is 31.3 Å². The van der Waals surface area contributed by atoms with Gasteiger partial charge in [0, 0.05) is 54.9 Å². The molecule has 0 atom stereocenters. The van der Waals surface area contributed by atoms with Gasteiger partial charge in [0.05, 0.1) is 11.3 Å². The van der Waals surface area contributed by atoms with Crippen LogP contribution in [0, 0.1) is 0 Å². The Hall–Kier alpha value is -3.50. The summed E-state index contributed by atoms with van der Waals surface area (Å²) in [6.45, 7) is 2.57. The molecule has 0 aliphatic carbocycles. The predicted molar refractivity (Wildman–Crippen MR) is 135 cm³/mol. The van der Waals surface area contributed by atoms with Gasteiger partial charge in [-0.25, -0.2) is 9.97 Å². The van der Waals surface area contributed by atoms with Crippen LogP contribution in [0.1, 0.15) is 12.5 Å². The van der Waals surface area contributed by atoms with Gasteiger partial charge in [-0.2, -0.15) is 8.42 Å². The number of nitrogens with one attached hydrogen (secondary N) is 2. The van der Waals surface area contributed by atoms with Crippen molar-refractivity contribution in [3.63, 3.8) is 0 Å². The number of hydrogen-bond donors (Lipinski definition) is 2. The number of sulfonamides is 1. The summed E-state index contributed by atoms with van der Waals surface area (Å²) in [5.41, 5.74) is 1.83. The first-order valence-corrected chi connectivity index (χ1v) is 12.2. The lowest BCUT2D eigenvalue weighted by atomic mass is 10.1. The Balaban J connectivity index is 1.97. The molecular weight excluding hydrogens is 476 g/mol. The number of benzene rings is 2. The van der Waals surface area contributed by atoms with E-state index < -0.39 is 10.0 Å². The summed E-state index contributed by atoms with van der Waals surface area (Å²) in [5.74, 6) is 0.101. The first-order chi connectivity index (χ1) is 16.2. The zero-order valence-electron chi connectivity index (χ0n) is 19.0. The molecule has 1 aromatic heterocycles. The molecular formula is C23H25ClN6O3S. The fourth-order valence-corrected chi connectivity index (χ4v) is 4.37. The van der Waals surface area contributed by atoms with Gasteiger partial charge < -0.3 is 15.5 Å². The zero-order valence-corrected chi connectivity index (χ0v) is 20.6. The number of amides is 1. The molecule has 2 aromatic carbocycles. The monoisotopic (exact) mass is 500 g/mol. The second-order valence-electron chi connectivity index (χ2n) is 7.51. The second kappa shape index (κ2) is 11.1. The average molecular weight is 501 g/mol. The summed E-state index contributed by atoms with van der Waals surface area (Å²) in [7, 11) is -0.764. The fraction of sp³-hybridized carbons (Fsp3) is 0.217. The van der Waals surface area contributed by atoms with Gasteiger partial charge in [-0.15, -0.1) is 4.40 Å². The Morgan fingerprint density at radius 3 is 2.50 bits per heavy atom. The normalized spacial score (nSPS) is 11.4. The molecule has 0 aliphatic heterocycles. The van der Waals surface area contributed by atoms with Crippen LogP contribution in [0.4, 0.5) is 11.6 Å². The number of carbonyl (C=O) groups is 1. The minimum atomic E-state index is -4.09. The van der Waals surface area contributed by atoms with Crippen molar-refractivity contribution in [1.29, 1.82) is 0 Å². The number of rotatable bonds is 9. The van der Waals surface area contributed by atoms with E-state index in [0.29, 0.717) is 39.9 Å². The van der Waals surface area contributed by atoms with Crippen LogP contribution in [0.25, 0.3) is 11.1 Å². The van der Waals surface area contributed by atoms with Crippen LogP contribution < -0.4 is 10.6 Å². The maximum Gasteiger partial charge on any atom is 0.284 e. The lowest BCUT2D eigenvalue weighted by molar-refractivity contribution is -0.115. The van der Waals surface area contributed by atoms with E-state index in [4.69, 9.17) is 11.6 Å². The SMILES string of the molecule is CCNc1ncc(-c2ccc(NC(=O)Cc3ccccc3Cl)cc2S(=O)(=O)/N=C/N(C)C)cn1. The number of halogens is 1. The van der Waals surface area contributed by atoms with Gasteiger partial charge in [0.15, 0.2) is 0 Å². The van der Waals surface area contributed by atoms with Crippen molar-refractivity contribution < 1.29 is 13.2 Å². The smallest absolute Gasteiger partial charge is 0.284 e. The summed E-state index contributed by atoms with van der Waals surface area (Å²) in [5, 5.41) is 6.21. The van der Waals surface area contributed by atoms with E-state index in [1.807, 2.05) is 6.92 Å². The largest absolute Gasteiger partial charge is 0.368 e. The molecule has 0 spiro atoms. The molecule has 9 nitrogen and oxygen atoms in total. The van der Waals surface area contributed by atoms with E-state index in [-0.39, 0.29) is 17.2 Å². The summed E-state index contributed by atoms with van der Waals surface area (Å²) < 4.78 is 29.9. The highest BCUT2D eigenvalue weighted by Gasteiger charge is 2.21. The van der Waals surface area contributed by atoms with Crippen molar-refractivity contribution >= 4 is 45.5 Å². The molecule has 0 fully saturated rings. The van der Waals surface area contributed by atoms with Gasteiger partial charge in [-0.1, -0.05) is 35.9 Å². The van der Waals surface area contributed by atoms with E-state index >= 15 is 0 Å². The molecule has 3 aromatic rings. The summed E-state index contributed by atoms with van der Waals surface area (Å²) in [6.07, 6.45) is 4.31. The summed E-state index contributed by atoms with van der Waals surface area (Å²) >= 11 is 6.14. The Bertz CT molecular complexity index is 1290. The third kappa shape index (κ3) is 6.52. The number of aromatic nitrogens is 2. The first-order valence-electron chi connectivity index (χ1n) is 10.4. The number of nitrogens with zero attached hydrogens (tertiary/aromatic N) is 4. The Kier molecular flexibility index (Phi) is 8.19. The quantitative estimate of drug-likeness (QED) is 0.340. The molecule has 0 saturated carbocycles. The van der Waals surface area contributed by atoms with Gasteiger partial charge in [-0.05, 0) is 30.7 Å². The van der Waals surface area contributed by atoms with Crippen LogP contribution in [0.15, 0.2) is 64.2 Å². The molecule has 0 aliphatic rings. The molecule has 1 amide bonds. The molecule has 3 rings (SSSR count). The van der Waals surface area contributed by atoms with Crippen molar-refractivity contribution in [3.8, 4) is 11.1 Å². The highest BCUT2D eigenvalue weighted by Crippen LogP contribution is 2.31. The lowest BCUT2D eigenvalue weighted by Crippen LogP contribution is -2.15. The highest BCUT2D eigenvalue weighted by molar-refractivity contribution is 7.90. The van der Waals surface area contributed by atoms with Crippen molar-refractivity contribution in [3.05, 3.63) is 65.4 Å². The molecule has 11 heteroatoms.